The van der Waals surface area contributed by atoms with Gasteiger partial charge in [-0.3, -0.25) is 19.2 Å². The number of amides is 3. The van der Waals surface area contributed by atoms with Crippen LogP contribution in [0.1, 0.15) is 25.3 Å². The minimum Gasteiger partial charge on any atom is -0.368 e. The van der Waals surface area contributed by atoms with Crippen molar-refractivity contribution in [1.82, 2.24) is 15.6 Å². The third-order valence-electron chi connectivity index (χ3n) is 4.29. The number of nitrogens with one attached hydrogen (secondary N) is 4. The van der Waals surface area contributed by atoms with Crippen LogP contribution >= 0.6 is 0 Å². The van der Waals surface area contributed by atoms with Gasteiger partial charge in [0.05, 0.1) is 6.21 Å². The highest BCUT2D eigenvalue weighted by atomic mass is 16.2. The summed E-state index contributed by atoms with van der Waals surface area (Å²) in [5.41, 5.74) is 7.05. The molecule has 9 heteroatoms. The lowest BCUT2D eigenvalue weighted by atomic mass is 10.0. The molecule has 1 aromatic carbocycles. The zero-order valence-corrected chi connectivity index (χ0v) is 15.5. The summed E-state index contributed by atoms with van der Waals surface area (Å²) in [7, 11) is 0. The van der Waals surface area contributed by atoms with Crippen LogP contribution in [0.2, 0.25) is 0 Å². The molecule has 0 fully saturated rings. The van der Waals surface area contributed by atoms with Gasteiger partial charge in [-0.25, -0.2) is 0 Å². The SMILES string of the molecule is CC(=O)N[C@@H](Cc1c[nH]c2ccccc12)C(=O)N[C@@H](CCC(=O)C=N)C(N)=O. The number of hydrogen-bond acceptors (Lipinski definition) is 5. The van der Waals surface area contributed by atoms with Crippen LogP contribution in [0.4, 0.5) is 0 Å². The van der Waals surface area contributed by atoms with Gasteiger partial charge in [-0.05, 0) is 18.1 Å². The lowest BCUT2D eigenvalue weighted by molar-refractivity contribution is -0.131. The fourth-order valence-electron chi connectivity index (χ4n) is 2.89. The van der Waals surface area contributed by atoms with Gasteiger partial charge in [0.25, 0.3) is 0 Å². The Balaban J connectivity index is 2.15. The largest absolute Gasteiger partial charge is 0.368 e. The second-order valence-corrected chi connectivity index (χ2v) is 6.43. The highest BCUT2D eigenvalue weighted by Crippen LogP contribution is 2.19. The van der Waals surface area contributed by atoms with E-state index in [4.69, 9.17) is 11.1 Å². The number of para-hydroxylation sites is 1. The third kappa shape index (κ3) is 5.50. The first kappa shape index (κ1) is 20.8. The number of fused-ring (bicyclic) bond motifs is 1. The maximum Gasteiger partial charge on any atom is 0.243 e. The number of carbonyl (C=O) groups is 4. The van der Waals surface area contributed by atoms with Crippen LogP contribution in [0.5, 0.6) is 0 Å². The molecule has 3 amide bonds. The first-order valence-corrected chi connectivity index (χ1v) is 8.77. The van der Waals surface area contributed by atoms with Gasteiger partial charge < -0.3 is 26.8 Å². The predicted octanol–water partition coefficient (Wildman–Crippen LogP) is 0.184. The molecule has 0 aliphatic rings. The van der Waals surface area contributed by atoms with Gasteiger partial charge in [-0.2, -0.15) is 0 Å². The molecule has 2 rings (SSSR count). The Morgan fingerprint density at radius 1 is 1.18 bits per heavy atom. The number of Topliss-reactive ketones (excluding diaryl/α,β-unsaturated/α-hetero) is 1. The van der Waals surface area contributed by atoms with Gasteiger partial charge in [0.15, 0.2) is 5.78 Å². The molecule has 6 N–H and O–H groups in total. The van der Waals surface area contributed by atoms with Crippen LogP contribution in [-0.2, 0) is 25.6 Å². The smallest absolute Gasteiger partial charge is 0.243 e. The lowest BCUT2D eigenvalue weighted by Crippen LogP contribution is -2.53. The van der Waals surface area contributed by atoms with E-state index in [9.17, 15) is 19.2 Å². The van der Waals surface area contributed by atoms with Gasteiger partial charge in [0.1, 0.15) is 12.1 Å². The molecule has 1 heterocycles. The van der Waals surface area contributed by atoms with E-state index in [0.29, 0.717) is 6.21 Å². The average molecular weight is 385 g/mol. The second-order valence-electron chi connectivity index (χ2n) is 6.43. The number of H-pyrrole nitrogens is 1. The molecule has 0 aliphatic heterocycles. The number of carbonyl (C=O) groups excluding carboxylic acids is 4. The molecule has 1 aromatic heterocycles. The Hall–Kier alpha value is -3.49. The minimum absolute atomic E-state index is 0.0187. The quantitative estimate of drug-likeness (QED) is 0.370. The monoisotopic (exact) mass is 385 g/mol. The van der Waals surface area contributed by atoms with Crippen LogP contribution in [0, 0.1) is 5.41 Å². The Morgan fingerprint density at radius 2 is 1.89 bits per heavy atom. The maximum absolute atomic E-state index is 12.7. The van der Waals surface area contributed by atoms with E-state index in [2.05, 4.69) is 15.6 Å². The van der Waals surface area contributed by atoms with Crippen LogP contribution in [-0.4, -0.2) is 46.8 Å². The fraction of sp³-hybridized carbons (Fsp3) is 0.316. The summed E-state index contributed by atoms with van der Waals surface area (Å²) >= 11 is 0. The number of hydrogen-bond donors (Lipinski definition) is 5. The molecule has 0 radical (unpaired) electrons. The first-order valence-electron chi connectivity index (χ1n) is 8.77. The van der Waals surface area contributed by atoms with Crippen molar-refractivity contribution in [1.29, 1.82) is 5.41 Å². The number of ketones is 1. The van der Waals surface area contributed by atoms with Crippen LogP contribution in [0.15, 0.2) is 30.5 Å². The molecule has 2 aromatic rings. The Morgan fingerprint density at radius 3 is 2.54 bits per heavy atom. The van der Waals surface area contributed by atoms with Crippen molar-refractivity contribution in [2.75, 3.05) is 0 Å². The number of primary amides is 1. The molecule has 28 heavy (non-hydrogen) atoms. The van der Waals surface area contributed by atoms with E-state index < -0.39 is 35.6 Å². The zero-order chi connectivity index (χ0) is 20.7. The average Bonchev–Trinajstić information content (AvgIpc) is 3.06. The van der Waals surface area contributed by atoms with E-state index in [-0.39, 0.29) is 19.3 Å². The predicted molar refractivity (Wildman–Crippen MR) is 104 cm³/mol. The number of aromatic nitrogens is 1. The molecule has 0 aliphatic carbocycles. The summed E-state index contributed by atoms with van der Waals surface area (Å²) in [5.74, 6) is -2.24. The highest BCUT2D eigenvalue weighted by molar-refractivity contribution is 6.26. The standard InChI is InChI=1S/C19H23N5O4/c1-11(25)23-17(8-12-10-22-15-5-3-2-4-14(12)15)19(28)24-16(18(21)27)7-6-13(26)9-20/h2-5,9-10,16-17,20,22H,6-8H2,1H3,(H2,21,27)(H,23,25)(H,24,28)/t16-,17-/m0/s1. The first-order chi connectivity index (χ1) is 13.3. The topological polar surface area (TPSA) is 158 Å². The Labute approximate surface area is 161 Å². The van der Waals surface area contributed by atoms with Crippen molar-refractivity contribution in [2.24, 2.45) is 5.73 Å². The minimum atomic E-state index is -1.07. The van der Waals surface area contributed by atoms with E-state index >= 15 is 0 Å². The molecule has 0 spiro atoms. The van der Waals surface area contributed by atoms with Crippen molar-refractivity contribution < 1.29 is 19.2 Å². The third-order valence-corrected chi connectivity index (χ3v) is 4.29. The van der Waals surface area contributed by atoms with E-state index in [1.165, 1.54) is 6.92 Å². The second kappa shape index (κ2) is 9.45. The van der Waals surface area contributed by atoms with Crippen LogP contribution in [0.25, 0.3) is 10.9 Å². The number of nitrogens with two attached hydrogens (primary N) is 1. The molecule has 0 saturated carbocycles. The molecular weight excluding hydrogens is 362 g/mol. The zero-order valence-electron chi connectivity index (χ0n) is 15.5. The highest BCUT2D eigenvalue weighted by Gasteiger charge is 2.26. The summed E-state index contributed by atoms with van der Waals surface area (Å²) in [6.45, 7) is 1.30. The number of benzene rings is 1. The van der Waals surface area contributed by atoms with E-state index in [1.807, 2.05) is 24.3 Å². The van der Waals surface area contributed by atoms with Gasteiger partial charge in [-0.15, -0.1) is 0 Å². The van der Waals surface area contributed by atoms with Crippen molar-refractivity contribution in [3.05, 3.63) is 36.0 Å². The fourth-order valence-corrected chi connectivity index (χ4v) is 2.89. The summed E-state index contributed by atoms with van der Waals surface area (Å²) in [6, 6.07) is 5.56. The lowest BCUT2D eigenvalue weighted by Gasteiger charge is -2.21. The molecule has 2 atom stereocenters. The Kier molecular flexibility index (Phi) is 7.02. The molecular formula is C19H23N5O4. The molecule has 0 bridgehead atoms. The van der Waals surface area contributed by atoms with Gasteiger partial charge in [0, 0.05) is 36.9 Å². The van der Waals surface area contributed by atoms with Crippen molar-refractivity contribution in [3.63, 3.8) is 0 Å². The van der Waals surface area contributed by atoms with Gasteiger partial charge in [-0.1, -0.05) is 18.2 Å². The van der Waals surface area contributed by atoms with Gasteiger partial charge in [0.2, 0.25) is 17.7 Å². The van der Waals surface area contributed by atoms with Crippen molar-refractivity contribution in [2.45, 2.75) is 38.3 Å². The molecule has 0 saturated heterocycles. The van der Waals surface area contributed by atoms with E-state index in [1.54, 1.807) is 6.20 Å². The number of aromatic amines is 1. The van der Waals surface area contributed by atoms with Gasteiger partial charge >= 0.3 is 0 Å². The van der Waals surface area contributed by atoms with Crippen molar-refractivity contribution >= 4 is 40.6 Å². The number of rotatable bonds is 10. The normalized spacial score (nSPS) is 12.8. The summed E-state index contributed by atoms with van der Waals surface area (Å²) in [4.78, 5) is 50.3. The van der Waals surface area contributed by atoms with Crippen LogP contribution < -0.4 is 16.4 Å². The van der Waals surface area contributed by atoms with Crippen molar-refractivity contribution in [3.8, 4) is 0 Å². The molecule has 9 nitrogen and oxygen atoms in total. The summed E-state index contributed by atoms with van der Waals surface area (Å²) in [6.07, 6.45) is 2.51. The summed E-state index contributed by atoms with van der Waals surface area (Å²) < 4.78 is 0. The molecule has 148 valence electrons. The maximum atomic E-state index is 12.7. The molecule has 0 unspecified atom stereocenters. The Bertz CT molecular complexity index is 905. The van der Waals surface area contributed by atoms with E-state index in [0.717, 1.165) is 16.5 Å². The summed E-state index contributed by atoms with van der Waals surface area (Å²) in [5, 5.41) is 12.9. The van der Waals surface area contributed by atoms with Crippen LogP contribution in [0.3, 0.4) is 0 Å².